The number of aromatic nitrogens is 2. The molecule has 0 spiro atoms. The lowest BCUT2D eigenvalue weighted by molar-refractivity contribution is -0.120. The van der Waals surface area contributed by atoms with E-state index in [1.807, 2.05) is 30.1 Å². The van der Waals surface area contributed by atoms with Crippen molar-refractivity contribution in [1.29, 1.82) is 0 Å². The maximum absolute atomic E-state index is 12.1. The van der Waals surface area contributed by atoms with E-state index in [1.165, 1.54) is 5.56 Å². The molecule has 2 aromatic rings. The predicted molar refractivity (Wildman–Crippen MR) is 94.0 cm³/mol. The number of carbonyl (C=O) groups is 1. The number of nitrogens with one attached hydrogen (secondary N) is 2. The van der Waals surface area contributed by atoms with Gasteiger partial charge in [0.25, 0.3) is 0 Å². The van der Waals surface area contributed by atoms with Crippen LogP contribution in [0.2, 0.25) is 0 Å². The van der Waals surface area contributed by atoms with Gasteiger partial charge >= 0.3 is 0 Å². The van der Waals surface area contributed by atoms with Gasteiger partial charge in [0.15, 0.2) is 5.82 Å². The van der Waals surface area contributed by atoms with Crippen molar-refractivity contribution in [2.75, 3.05) is 31.6 Å². The molecule has 0 saturated carbocycles. The lowest BCUT2D eigenvalue weighted by Crippen LogP contribution is -2.38. The van der Waals surface area contributed by atoms with Crippen molar-refractivity contribution in [2.24, 2.45) is 0 Å². The van der Waals surface area contributed by atoms with Gasteiger partial charge in [0.2, 0.25) is 5.91 Å². The standard InChI is InChI=1S/C18H24N4O2/c1-13-6-3-4-8-15(13)16-10-17(21-20-16)22(2)12-18(23)19-11-14-7-5-9-24-14/h3-4,6,8,10,14H,5,7,9,11-12H2,1-2H3,(H,19,23)(H,20,21). The number of aromatic amines is 1. The first kappa shape index (κ1) is 16.5. The fourth-order valence-corrected chi connectivity index (χ4v) is 2.91. The molecule has 6 nitrogen and oxygen atoms in total. The number of nitrogens with zero attached hydrogens (tertiary/aromatic N) is 2. The number of rotatable bonds is 6. The van der Waals surface area contributed by atoms with Crippen LogP contribution in [0.15, 0.2) is 30.3 Å². The molecule has 0 bridgehead atoms. The molecule has 1 aliphatic heterocycles. The molecule has 24 heavy (non-hydrogen) atoms. The van der Waals surface area contributed by atoms with Gasteiger partial charge in [-0.25, -0.2) is 0 Å². The van der Waals surface area contributed by atoms with Gasteiger partial charge in [-0.15, -0.1) is 0 Å². The van der Waals surface area contributed by atoms with Crippen LogP contribution in [0.5, 0.6) is 0 Å². The van der Waals surface area contributed by atoms with E-state index in [-0.39, 0.29) is 18.6 Å². The highest BCUT2D eigenvalue weighted by Crippen LogP contribution is 2.24. The van der Waals surface area contributed by atoms with Crippen LogP contribution in [0.1, 0.15) is 18.4 Å². The van der Waals surface area contributed by atoms with Crippen molar-refractivity contribution in [3.8, 4) is 11.3 Å². The maximum Gasteiger partial charge on any atom is 0.239 e. The Morgan fingerprint density at radius 2 is 2.29 bits per heavy atom. The first-order valence-electron chi connectivity index (χ1n) is 8.34. The Kier molecular flexibility index (Phi) is 5.15. The predicted octanol–water partition coefficient (Wildman–Crippen LogP) is 2.12. The molecule has 128 valence electrons. The van der Waals surface area contributed by atoms with Gasteiger partial charge in [0, 0.05) is 31.8 Å². The molecule has 1 aliphatic rings. The Morgan fingerprint density at radius 1 is 1.46 bits per heavy atom. The van der Waals surface area contributed by atoms with Crippen molar-refractivity contribution in [3.63, 3.8) is 0 Å². The Hall–Kier alpha value is -2.34. The van der Waals surface area contributed by atoms with Gasteiger partial charge in [0.1, 0.15) is 0 Å². The van der Waals surface area contributed by atoms with Crippen LogP contribution >= 0.6 is 0 Å². The zero-order valence-corrected chi connectivity index (χ0v) is 14.2. The minimum atomic E-state index is -0.0200. The van der Waals surface area contributed by atoms with E-state index in [0.717, 1.165) is 36.5 Å². The average Bonchev–Trinajstić information content (AvgIpc) is 3.25. The normalized spacial score (nSPS) is 17.0. The summed E-state index contributed by atoms with van der Waals surface area (Å²) in [6, 6.07) is 10.1. The number of likely N-dealkylation sites (N-methyl/N-ethyl adjacent to an activating group) is 1. The van der Waals surface area contributed by atoms with Crippen molar-refractivity contribution in [3.05, 3.63) is 35.9 Å². The van der Waals surface area contributed by atoms with E-state index in [0.29, 0.717) is 6.54 Å². The van der Waals surface area contributed by atoms with Crippen LogP contribution in [-0.4, -0.2) is 49.0 Å². The van der Waals surface area contributed by atoms with E-state index < -0.39 is 0 Å². The molecule has 1 unspecified atom stereocenters. The number of carbonyl (C=O) groups excluding carboxylic acids is 1. The van der Waals surface area contributed by atoms with E-state index in [9.17, 15) is 4.79 Å². The molecule has 6 heteroatoms. The highest BCUT2D eigenvalue weighted by atomic mass is 16.5. The maximum atomic E-state index is 12.1. The molecule has 1 aromatic carbocycles. The third-order valence-electron chi connectivity index (χ3n) is 4.32. The van der Waals surface area contributed by atoms with Gasteiger partial charge in [0.05, 0.1) is 18.3 Å². The Labute approximate surface area is 142 Å². The largest absolute Gasteiger partial charge is 0.376 e. The van der Waals surface area contributed by atoms with Crippen LogP contribution < -0.4 is 10.2 Å². The van der Waals surface area contributed by atoms with Gasteiger partial charge in [-0.2, -0.15) is 5.10 Å². The van der Waals surface area contributed by atoms with E-state index in [2.05, 4.69) is 34.6 Å². The molecule has 2 N–H and O–H groups in total. The summed E-state index contributed by atoms with van der Waals surface area (Å²) in [6.45, 7) is 3.72. The molecular weight excluding hydrogens is 304 g/mol. The number of benzene rings is 1. The number of hydrogen-bond acceptors (Lipinski definition) is 4. The molecule has 1 amide bonds. The fourth-order valence-electron chi connectivity index (χ4n) is 2.91. The van der Waals surface area contributed by atoms with Crippen LogP contribution in [0.4, 0.5) is 5.82 Å². The quantitative estimate of drug-likeness (QED) is 0.852. The molecule has 2 heterocycles. The summed E-state index contributed by atoms with van der Waals surface area (Å²) in [4.78, 5) is 13.9. The summed E-state index contributed by atoms with van der Waals surface area (Å²) < 4.78 is 5.51. The summed E-state index contributed by atoms with van der Waals surface area (Å²) in [5.41, 5.74) is 3.26. The summed E-state index contributed by atoms with van der Waals surface area (Å²) in [5.74, 6) is 0.731. The van der Waals surface area contributed by atoms with E-state index >= 15 is 0 Å². The first-order valence-corrected chi connectivity index (χ1v) is 8.34. The highest BCUT2D eigenvalue weighted by molar-refractivity contribution is 5.81. The number of hydrogen-bond donors (Lipinski definition) is 2. The van der Waals surface area contributed by atoms with E-state index in [4.69, 9.17) is 4.74 Å². The lowest BCUT2D eigenvalue weighted by atomic mass is 10.1. The molecular formula is C18H24N4O2. The van der Waals surface area contributed by atoms with Gasteiger partial charge in [-0.1, -0.05) is 24.3 Å². The zero-order chi connectivity index (χ0) is 16.9. The Balaban J connectivity index is 1.56. The second-order valence-corrected chi connectivity index (χ2v) is 6.25. The molecule has 1 atom stereocenters. The van der Waals surface area contributed by atoms with Gasteiger partial charge < -0.3 is 15.0 Å². The zero-order valence-electron chi connectivity index (χ0n) is 14.2. The van der Waals surface area contributed by atoms with Gasteiger partial charge in [-0.3, -0.25) is 9.89 Å². The summed E-state index contributed by atoms with van der Waals surface area (Å²) in [6.07, 6.45) is 2.27. The van der Waals surface area contributed by atoms with Crippen molar-refractivity contribution in [2.45, 2.75) is 25.9 Å². The minimum absolute atomic E-state index is 0.0200. The minimum Gasteiger partial charge on any atom is -0.376 e. The van der Waals surface area contributed by atoms with Crippen LogP contribution in [0.3, 0.4) is 0 Å². The van der Waals surface area contributed by atoms with Crippen LogP contribution in [-0.2, 0) is 9.53 Å². The average molecular weight is 328 g/mol. The first-order chi connectivity index (χ1) is 11.6. The number of aryl methyl sites for hydroxylation is 1. The van der Waals surface area contributed by atoms with Crippen LogP contribution in [0.25, 0.3) is 11.3 Å². The molecule has 1 fully saturated rings. The number of H-pyrrole nitrogens is 1. The molecule has 1 aromatic heterocycles. The second kappa shape index (κ2) is 7.49. The summed E-state index contributed by atoms with van der Waals surface area (Å²) in [7, 11) is 1.86. The molecule has 0 radical (unpaired) electrons. The van der Waals surface area contributed by atoms with Crippen LogP contribution in [0, 0.1) is 6.92 Å². The van der Waals surface area contributed by atoms with E-state index in [1.54, 1.807) is 0 Å². The van der Waals surface area contributed by atoms with Crippen molar-refractivity contribution in [1.82, 2.24) is 15.5 Å². The number of ether oxygens (including phenoxy) is 1. The summed E-state index contributed by atoms with van der Waals surface area (Å²) in [5, 5.41) is 10.3. The van der Waals surface area contributed by atoms with Crippen molar-refractivity contribution >= 4 is 11.7 Å². The van der Waals surface area contributed by atoms with Gasteiger partial charge in [-0.05, 0) is 25.3 Å². The highest BCUT2D eigenvalue weighted by Gasteiger charge is 2.17. The summed E-state index contributed by atoms with van der Waals surface area (Å²) >= 11 is 0. The lowest BCUT2D eigenvalue weighted by Gasteiger charge is -2.16. The molecule has 0 aliphatic carbocycles. The topological polar surface area (TPSA) is 70.2 Å². The number of anilines is 1. The SMILES string of the molecule is Cc1ccccc1-c1cc(N(C)CC(=O)NCC2CCCO2)n[nH]1. The molecule has 3 rings (SSSR count). The Bertz CT molecular complexity index is 692. The molecule has 1 saturated heterocycles. The monoisotopic (exact) mass is 328 g/mol. The number of amides is 1. The fraction of sp³-hybridized carbons (Fsp3) is 0.444. The second-order valence-electron chi connectivity index (χ2n) is 6.25. The smallest absolute Gasteiger partial charge is 0.239 e. The third-order valence-corrected chi connectivity index (χ3v) is 4.32. The third kappa shape index (κ3) is 3.94. The Morgan fingerprint density at radius 3 is 3.04 bits per heavy atom. The van der Waals surface area contributed by atoms with Crippen molar-refractivity contribution < 1.29 is 9.53 Å².